The Balaban J connectivity index is 2.13. The number of hydrogen-bond donors (Lipinski definition) is 0. The number of fused-ring (bicyclic) bond motifs is 1. The summed E-state index contributed by atoms with van der Waals surface area (Å²) in [5, 5.41) is 0. The Bertz CT molecular complexity index is 500. The minimum atomic E-state index is -0.686. The van der Waals surface area contributed by atoms with Gasteiger partial charge in [0.2, 0.25) is 0 Å². The number of ketones is 1. The van der Waals surface area contributed by atoms with Crippen LogP contribution in [0.25, 0.3) is 0 Å². The van der Waals surface area contributed by atoms with Crippen molar-refractivity contribution in [3.63, 3.8) is 0 Å². The first-order chi connectivity index (χ1) is 9.20. The maximum absolute atomic E-state index is 12.9. The number of hydrogen-bond acceptors (Lipinski definition) is 3. The van der Waals surface area contributed by atoms with E-state index in [1.807, 2.05) is 24.3 Å². The number of Topliss-reactive ketones (excluding diaryl/α,β-unsaturated/α-hetero) is 1. The molecule has 0 aromatic heterocycles. The first kappa shape index (κ1) is 12.4. The van der Waals surface area contributed by atoms with Crippen LogP contribution in [0.5, 0.6) is 0 Å². The first-order valence-electron chi connectivity index (χ1n) is 6.85. The standard InChI is InChI=1S/C16H18O3/c1-19-15(18)13-9-8-12-7-4-6-11-5-2-3-10-16(12,13)14(11)17/h2-5,7,10-13H,6,8-9H2,1H3/t11-,12+,13?,16+/m1/s1. The highest BCUT2D eigenvalue weighted by Crippen LogP contribution is 2.54. The van der Waals surface area contributed by atoms with Gasteiger partial charge in [-0.1, -0.05) is 36.5 Å². The van der Waals surface area contributed by atoms with Crippen LogP contribution in [0.2, 0.25) is 0 Å². The summed E-state index contributed by atoms with van der Waals surface area (Å²) < 4.78 is 4.93. The Morgan fingerprint density at radius 1 is 1.32 bits per heavy atom. The Hall–Kier alpha value is -1.64. The van der Waals surface area contributed by atoms with Gasteiger partial charge < -0.3 is 4.74 Å². The van der Waals surface area contributed by atoms with E-state index in [1.54, 1.807) is 0 Å². The molecule has 0 aliphatic heterocycles. The van der Waals surface area contributed by atoms with Gasteiger partial charge in [0.25, 0.3) is 0 Å². The summed E-state index contributed by atoms with van der Waals surface area (Å²) in [5.41, 5.74) is -0.686. The molecular weight excluding hydrogens is 240 g/mol. The van der Waals surface area contributed by atoms with Crippen molar-refractivity contribution in [1.29, 1.82) is 0 Å². The molecule has 1 saturated carbocycles. The van der Waals surface area contributed by atoms with Crippen LogP contribution in [0.1, 0.15) is 19.3 Å². The predicted molar refractivity (Wildman–Crippen MR) is 71.2 cm³/mol. The van der Waals surface area contributed by atoms with E-state index >= 15 is 0 Å². The maximum Gasteiger partial charge on any atom is 0.310 e. The van der Waals surface area contributed by atoms with Crippen LogP contribution < -0.4 is 0 Å². The molecule has 2 bridgehead atoms. The number of ether oxygens (including phenoxy) is 1. The predicted octanol–water partition coefficient (Wildman–Crippen LogP) is 2.44. The van der Waals surface area contributed by atoms with Crippen LogP contribution in [0, 0.1) is 23.2 Å². The molecule has 0 amide bonds. The molecule has 1 spiro atoms. The van der Waals surface area contributed by atoms with Gasteiger partial charge in [0.15, 0.2) is 5.78 Å². The summed E-state index contributed by atoms with van der Waals surface area (Å²) in [6.07, 6.45) is 14.3. The second kappa shape index (κ2) is 4.48. The summed E-state index contributed by atoms with van der Waals surface area (Å²) in [7, 11) is 1.40. The van der Waals surface area contributed by atoms with Crippen LogP contribution in [0.4, 0.5) is 0 Å². The van der Waals surface area contributed by atoms with Crippen molar-refractivity contribution in [2.24, 2.45) is 23.2 Å². The summed E-state index contributed by atoms with van der Waals surface area (Å²) in [5.74, 6) is -0.389. The Morgan fingerprint density at radius 2 is 2.16 bits per heavy atom. The second-order valence-corrected chi connectivity index (χ2v) is 5.57. The smallest absolute Gasteiger partial charge is 0.310 e. The van der Waals surface area contributed by atoms with Gasteiger partial charge in [0, 0.05) is 5.92 Å². The highest BCUT2D eigenvalue weighted by Gasteiger charge is 2.57. The third kappa shape index (κ3) is 1.64. The lowest BCUT2D eigenvalue weighted by Gasteiger charge is -2.34. The largest absolute Gasteiger partial charge is 0.469 e. The lowest BCUT2D eigenvalue weighted by Crippen LogP contribution is -2.43. The molecule has 3 heteroatoms. The molecule has 3 rings (SSSR count). The third-order valence-corrected chi connectivity index (χ3v) is 4.79. The Kier molecular flexibility index (Phi) is 2.92. The summed E-state index contributed by atoms with van der Waals surface area (Å²) >= 11 is 0. The van der Waals surface area contributed by atoms with E-state index < -0.39 is 5.41 Å². The number of allylic oxidation sites excluding steroid dienone is 6. The lowest BCUT2D eigenvalue weighted by molar-refractivity contribution is -0.152. The lowest BCUT2D eigenvalue weighted by atomic mass is 9.67. The van der Waals surface area contributed by atoms with Gasteiger partial charge in [0.05, 0.1) is 18.4 Å². The molecule has 100 valence electrons. The van der Waals surface area contributed by atoms with Crippen LogP contribution in [0.3, 0.4) is 0 Å². The van der Waals surface area contributed by atoms with Crippen LogP contribution in [0.15, 0.2) is 36.5 Å². The Morgan fingerprint density at radius 3 is 2.95 bits per heavy atom. The average Bonchev–Trinajstić information content (AvgIpc) is 2.65. The van der Waals surface area contributed by atoms with Gasteiger partial charge in [0.1, 0.15) is 0 Å². The van der Waals surface area contributed by atoms with Crippen molar-refractivity contribution in [3.05, 3.63) is 36.5 Å². The molecule has 3 nitrogen and oxygen atoms in total. The van der Waals surface area contributed by atoms with E-state index in [-0.39, 0.29) is 29.5 Å². The number of rotatable bonds is 1. The van der Waals surface area contributed by atoms with Crippen LogP contribution >= 0.6 is 0 Å². The minimum absolute atomic E-state index is 0.110. The highest BCUT2D eigenvalue weighted by atomic mass is 16.5. The third-order valence-electron chi connectivity index (χ3n) is 4.79. The topological polar surface area (TPSA) is 43.4 Å². The zero-order valence-corrected chi connectivity index (χ0v) is 11.0. The molecule has 0 N–H and O–H groups in total. The molecule has 19 heavy (non-hydrogen) atoms. The fourth-order valence-corrected chi connectivity index (χ4v) is 3.87. The number of carbonyl (C=O) groups excluding carboxylic acids is 2. The molecule has 0 saturated heterocycles. The van der Waals surface area contributed by atoms with Gasteiger partial charge in [-0.15, -0.1) is 0 Å². The van der Waals surface area contributed by atoms with Crippen LogP contribution in [-0.2, 0) is 14.3 Å². The average molecular weight is 258 g/mol. The van der Waals surface area contributed by atoms with E-state index in [9.17, 15) is 9.59 Å². The van der Waals surface area contributed by atoms with Crippen molar-refractivity contribution in [3.8, 4) is 0 Å². The molecule has 1 unspecified atom stereocenters. The van der Waals surface area contributed by atoms with Gasteiger partial charge in [-0.3, -0.25) is 9.59 Å². The van der Waals surface area contributed by atoms with E-state index in [4.69, 9.17) is 4.74 Å². The van der Waals surface area contributed by atoms with E-state index in [2.05, 4.69) is 12.2 Å². The normalized spacial score (nSPS) is 39.6. The fourth-order valence-electron chi connectivity index (χ4n) is 3.87. The number of esters is 1. The molecule has 3 aliphatic carbocycles. The van der Waals surface area contributed by atoms with Crippen molar-refractivity contribution >= 4 is 11.8 Å². The highest BCUT2D eigenvalue weighted by molar-refractivity contribution is 5.96. The molecule has 1 fully saturated rings. The maximum atomic E-state index is 12.9. The first-order valence-corrected chi connectivity index (χ1v) is 6.85. The SMILES string of the molecule is COC(=O)C1CC[C@@H]2C=CC[C@H]3C=CC=C[C@@]12C3=O. The summed E-state index contributed by atoms with van der Waals surface area (Å²) in [4.78, 5) is 25.0. The number of methoxy groups -OCH3 is 1. The minimum Gasteiger partial charge on any atom is -0.469 e. The molecule has 0 aromatic rings. The van der Waals surface area contributed by atoms with E-state index in [1.165, 1.54) is 7.11 Å². The summed E-state index contributed by atoms with van der Waals surface area (Å²) in [6, 6.07) is 0. The second-order valence-electron chi connectivity index (χ2n) is 5.57. The van der Waals surface area contributed by atoms with Crippen molar-refractivity contribution < 1.29 is 14.3 Å². The van der Waals surface area contributed by atoms with Gasteiger partial charge in [-0.2, -0.15) is 0 Å². The van der Waals surface area contributed by atoms with Gasteiger partial charge in [-0.05, 0) is 25.2 Å². The quantitative estimate of drug-likeness (QED) is 0.536. The molecule has 3 aliphatic rings. The molecular formula is C16H18O3. The molecule has 0 heterocycles. The monoisotopic (exact) mass is 258 g/mol. The molecule has 4 atom stereocenters. The van der Waals surface area contributed by atoms with Crippen LogP contribution in [-0.4, -0.2) is 18.9 Å². The van der Waals surface area contributed by atoms with Gasteiger partial charge >= 0.3 is 5.97 Å². The zero-order chi connectivity index (χ0) is 13.5. The van der Waals surface area contributed by atoms with E-state index in [0.29, 0.717) is 0 Å². The molecule has 0 radical (unpaired) electrons. The van der Waals surface area contributed by atoms with Crippen molar-refractivity contribution in [1.82, 2.24) is 0 Å². The fraction of sp³-hybridized carbons (Fsp3) is 0.500. The van der Waals surface area contributed by atoms with Crippen molar-refractivity contribution in [2.75, 3.05) is 7.11 Å². The summed E-state index contributed by atoms with van der Waals surface area (Å²) in [6.45, 7) is 0. The van der Waals surface area contributed by atoms with Crippen molar-refractivity contribution in [2.45, 2.75) is 19.3 Å². The van der Waals surface area contributed by atoms with Gasteiger partial charge in [-0.25, -0.2) is 0 Å². The van der Waals surface area contributed by atoms with E-state index in [0.717, 1.165) is 19.3 Å². The zero-order valence-electron chi connectivity index (χ0n) is 11.0. The Labute approximate surface area is 113 Å². The molecule has 0 aromatic carbocycles. The number of carbonyl (C=O) groups is 2.